The second-order valence-electron chi connectivity index (χ2n) is 6.31. The highest BCUT2D eigenvalue weighted by Gasteiger charge is 2.22. The SMILES string of the molecule is CC(C)c1cc2c(NC(C)C3CCCC3)nccn2n1. The Morgan fingerprint density at radius 2 is 2.00 bits per heavy atom. The van der Waals surface area contributed by atoms with E-state index < -0.39 is 0 Å². The molecule has 0 saturated heterocycles. The Kier molecular flexibility index (Phi) is 3.64. The molecule has 108 valence electrons. The maximum absolute atomic E-state index is 4.61. The highest BCUT2D eigenvalue weighted by Crippen LogP contribution is 2.30. The first-order valence-corrected chi connectivity index (χ1v) is 7.76. The van der Waals surface area contributed by atoms with Gasteiger partial charge in [-0.3, -0.25) is 0 Å². The molecule has 1 atom stereocenters. The fourth-order valence-electron chi connectivity index (χ4n) is 3.13. The Balaban J connectivity index is 1.86. The van der Waals surface area contributed by atoms with Crippen molar-refractivity contribution in [2.45, 2.75) is 58.4 Å². The topological polar surface area (TPSA) is 42.2 Å². The molecule has 2 aromatic heterocycles. The van der Waals surface area contributed by atoms with Gasteiger partial charge >= 0.3 is 0 Å². The predicted octanol–water partition coefficient (Wildman–Crippen LogP) is 3.84. The van der Waals surface area contributed by atoms with Crippen LogP contribution >= 0.6 is 0 Å². The average molecular weight is 272 g/mol. The highest BCUT2D eigenvalue weighted by molar-refractivity contribution is 5.68. The molecule has 0 bridgehead atoms. The van der Waals surface area contributed by atoms with Crippen molar-refractivity contribution in [3.63, 3.8) is 0 Å². The van der Waals surface area contributed by atoms with E-state index in [1.165, 1.54) is 25.7 Å². The van der Waals surface area contributed by atoms with Gasteiger partial charge < -0.3 is 5.32 Å². The van der Waals surface area contributed by atoms with Crippen LogP contribution in [0.15, 0.2) is 18.5 Å². The minimum absolute atomic E-state index is 0.440. The van der Waals surface area contributed by atoms with Crippen LogP contribution in [0.1, 0.15) is 58.1 Å². The van der Waals surface area contributed by atoms with Crippen molar-refractivity contribution in [3.05, 3.63) is 24.2 Å². The second kappa shape index (κ2) is 5.43. The van der Waals surface area contributed by atoms with E-state index in [1.807, 2.05) is 16.9 Å². The molecule has 2 heterocycles. The van der Waals surface area contributed by atoms with Crippen LogP contribution in [0.4, 0.5) is 5.82 Å². The zero-order chi connectivity index (χ0) is 14.1. The van der Waals surface area contributed by atoms with E-state index in [4.69, 9.17) is 0 Å². The predicted molar refractivity (Wildman–Crippen MR) is 82.1 cm³/mol. The van der Waals surface area contributed by atoms with Crippen molar-refractivity contribution >= 4 is 11.3 Å². The van der Waals surface area contributed by atoms with E-state index >= 15 is 0 Å². The van der Waals surface area contributed by atoms with Gasteiger partial charge in [-0.05, 0) is 37.7 Å². The third-order valence-corrected chi connectivity index (χ3v) is 4.47. The summed E-state index contributed by atoms with van der Waals surface area (Å²) in [4.78, 5) is 4.52. The van der Waals surface area contributed by atoms with E-state index in [-0.39, 0.29) is 0 Å². The number of fused-ring (bicyclic) bond motifs is 1. The summed E-state index contributed by atoms with van der Waals surface area (Å²) in [6.45, 7) is 6.62. The number of aromatic nitrogens is 3. The number of nitrogens with one attached hydrogen (secondary N) is 1. The lowest BCUT2D eigenvalue weighted by Gasteiger charge is -2.21. The molecule has 20 heavy (non-hydrogen) atoms. The summed E-state index contributed by atoms with van der Waals surface area (Å²) in [6.07, 6.45) is 9.18. The van der Waals surface area contributed by atoms with E-state index in [9.17, 15) is 0 Å². The summed E-state index contributed by atoms with van der Waals surface area (Å²) in [5.74, 6) is 2.19. The van der Waals surface area contributed by atoms with Gasteiger partial charge in [-0.1, -0.05) is 26.7 Å². The van der Waals surface area contributed by atoms with Gasteiger partial charge in [0.05, 0.1) is 5.69 Å². The lowest BCUT2D eigenvalue weighted by molar-refractivity contribution is 0.481. The van der Waals surface area contributed by atoms with E-state index in [0.29, 0.717) is 12.0 Å². The molecular weight excluding hydrogens is 248 g/mol. The molecule has 1 N–H and O–H groups in total. The molecule has 1 saturated carbocycles. The van der Waals surface area contributed by atoms with E-state index in [0.717, 1.165) is 22.9 Å². The Labute approximate surface area is 120 Å². The van der Waals surface area contributed by atoms with Gasteiger partial charge in [0.1, 0.15) is 5.52 Å². The summed E-state index contributed by atoms with van der Waals surface area (Å²) in [5.41, 5.74) is 2.20. The standard InChI is InChI=1S/C16H24N4/c1-11(2)14-10-15-16(17-8-9-20(15)19-14)18-12(3)13-6-4-5-7-13/h8-13H,4-7H2,1-3H3,(H,17,18). The maximum atomic E-state index is 4.61. The molecule has 0 amide bonds. The summed E-state index contributed by atoms with van der Waals surface area (Å²) in [6, 6.07) is 2.63. The smallest absolute Gasteiger partial charge is 0.152 e. The molecule has 0 aromatic carbocycles. The van der Waals surface area contributed by atoms with E-state index in [1.54, 1.807) is 0 Å². The average Bonchev–Trinajstić information content (AvgIpc) is 3.08. The lowest BCUT2D eigenvalue weighted by atomic mass is 10.00. The largest absolute Gasteiger partial charge is 0.366 e. The van der Waals surface area contributed by atoms with Crippen molar-refractivity contribution in [2.24, 2.45) is 5.92 Å². The molecule has 2 aromatic rings. The van der Waals surface area contributed by atoms with Gasteiger partial charge in [0, 0.05) is 18.4 Å². The third-order valence-electron chi connectivity index (χ3n) is 4.47. The third kappa shape index (κ3) is 2.51. The van der Waals surface area contributed by atoms with Gasteiger partial charge in [0.25, 0.3) is 0 Å². The molecule has 4 heteroatoms. The van der Waals surface area contributed by atoms with Crippen LogP contribution in [0, 0.1) is 5.92 Å². The van der Waals surface area contributed by atoms with Crippen LogP contribution in [0.5, 0.6) is 0 Å². The molecule has 1 aliphatic rings. The Morgan fingerprint density at radius 3 is 2.70 bits per heavy atom. The molecule has 4 nitrogen and oxygen atoms in total. The molecule has 0 spiro atoms. The van der Waals surface area contributed by atoms with Gasteiger partial charge in [-0.15, -0.1) is 0 Å². The van der Waals surface area contributed by atoms with E-state index in [2.05, 4.69) is 42.2 Å². The highest BCUT2D eigenvalue weighted by atomic mass is 15.2. The van der Waals surface area contributed by atoms with Crippen LogP contribution < -0.4 is 5.32 Å². The van der Waals surface area contributed by atoms with Crippen molar-refractivity contribution < 1.29 is 0 Å². The molecule has 1 aliphatic carbocycles. The Hall–Kier alpha value is -1.58. The van der Waals surface area contributed by atoms with Gasteiger partial charge in [0.2, 0.25) is 0 Å². The molecule has 0 aliphatic heterocycles. The quantitative estimate of drug-likeness (QED) is 0.919. The van der Waals surface area contributed by atoms with Crippen molar-refractivity contribution in [2.75, 3.05) is 5.32 Å². The van der Waals surface area contributed by atoms with Gasteiger partial charge in [0.15, 0.2) is 5.82 Å². The van der Waals surface area contributed by atoms with Crippen LogP contribution in [0.25, 0.3) is 5.52 Å². The molecule has 3 rings (SSSR count). The first-order chi connectivity index (χ1) is 9.65. The zero-order valence-electron chi connectivity index (χ0n) is 12.6. The van der Waals surface area contributed by atoms with Crippen LogP contribution in [-0.2, 0) is 0 Å². The molecule has 1 fully saturated rings. The van der Waals surface area contributed by atoms with Crippen LogP contribution in [0.2, 0.25) is 0 Å². The van der Waals surface area contributed by atoms with Crippen molar-refractivity contribution in [3.8, 4) is 0 Å². The summed E-state index contributed by atoms with van der Waals surface area (Å²) >= 11 is 0. The summed E-state index contributed by atoms with van der Waals surface area (Å²) in [5, 5.41) is 8.22. The van der Waals surface area contributed by atoms with Crippen molar-refractivity contribution in [1.82, 2.24) is 14.6 Å². The van der Waals surface area contributed by atoms with Crippen LogP contribution in [-0.4, -0.2) is 20.6 Å². The lowest BCUT2D eigenvalue weighted by Crippen LogP contribution is -2.24. The Bertz CT molecular complexity index is 581. The summed E-state index contributed by atoms with van der Waals surface area (Å²) < 4.78 is 1.94. The fourth-order valence-corrected chi connectivity index (χ4v) is 3.13. The number of rotatable bonds is 4. The summed E-state index contributed by atoms with van der Waals surface area (Å²) in [7, 11) is 0. The normalized spacial score (nSPS) is 18.0. The Morgan fingerprint density at radius 1 is 1.25 bits per heavy atom. The second-order valence-corrected chi connectivity index (χ2v) is 6.31. The first kappa shape index (κ1) is 13.4. The first-order valence-electron chi connectivity index (χ1n) is 7.76. The molecule has 0 radical (unpaired) electrons. The minimum Gasteiger partial charge on any atom is -0.366 e. The van der Waals surface area contributed by atoms with Crippen molar-refractivity contribution in [1.29, 1.82) is 0 Å². The minimum atomic E-state index is 0.440. The zero-order valence-corrected chi connectivity index (χ0v) is 12.6. The maximum Gasteiger partial charge on any atom is 0.152 e. The van der Waals surface area contributed by atoms with Gasteiger partial charge in [-0.25, -0.2) is 9.50 Å². The van der Waals surface area contributed by atoms with Crippen LogP contribution in [0.3, 0.4) is 0 Å². The fraction of sp³-hybridized carbons (Fsp3) is 0.625. The monoisotopic (exact) mass is 272 g/mol. The van der Waals surface area contributed by atoms with Gasteiger partial charge in [-0.2, -0.15) is 5.10 Å². The molecule has 1 unspecified atom stereocenters. The number of anilines is 1. The molecular formula is C16H24N4. The number of nitrogens with zero attached hydrogens (tertiary/aromatic N) is 3. The number of hydrogen-bond donors (Lipinski definition) is 1. The number of hydrogen-bond acceptors (Lipinski definition) is 3.